The Bertz CT molecular complexity index is 3760. The van der Waals surface area contributed by atoms with Crippen LogP contribution >= 0.6 is 0 Å². The third-order valence-corrected chi connectivity index (χ3v) is 30.0. The number of fused-ring (bicyclic) bond motifs is 6. The number of para-hydroxylation sites is 4. The summed E-state index contributed by atoms with van der Waals surface area (Å²) in [5, 5.41) is 17.8. The van der Waals surface area contributed by atoms with E-state index in [2.05, 4.69) is 298 Å². The SMILES string of the molecule is C[Si](C)(C)c1cc([Si](C)(C)C)c(B2c3ccccc3N(c3ccccc3)c3c2cc2ccc4c5c(cc6ccc3c2c64)B(c2c([Si](C)(C)C)cc([Si](C)(C)C)cc2[Si](C)(C)C)c2ccccc2N5c2ccccc2)c([Si](C)(C)C)c1. The minimum Gasteiger partial charge on any atom is -0.311 e. The van der Waals surface area contributed by atoms with Crippen LogP contribution in [0.5, 0.6) is 0 Å². The molecule has 12 rings (SSSR count). The summed E-state index contributed by atoms with van der Waals surface area (Å²) in [5.74, 6) is 0. The molecule has 10 heteroatoms. The summed E-state index contributed by atoms with van der Waals surface area (Å²) < 4.78 is 0. The van der Waals surface area contributed by atoms with Crippen molar-refractivity contribution < 1.29 is 0 Å². The summed E-state index contributed by atoms with van der Waals surface area (Å²) in [7, 11) is -11.1. The maximum atomic E-state index is 2.72. The van der Waals surface area contributed by atoms with Crippen molar-refractivity contribution in [3.8, 4) is 0 Å². The van der Waals surface area contributed by atoms with Crippen LogP contribution in [0.3, 0.4) is 0 Å². The maximum absolute atomic E-state index is 2.72. The number of anilines is 6. The summed E-state index contributed by atoms with van der Waals surface area (Å²) >= 11 is 0. The van der Waals surface area contributed by atoms with E-state index in [1.807, 2.05) is 0 Å². The summed E-state index contributed by atoms with van der Waals surface area (Å²) in [5.41, 5.74) is 16.5. The van der Waals surface area contributed by atoms with Crippen LogP contribution in [0, 0.1) is 0 Å². The van der Waals surface area contributed by atoms with Crippen molar-refractivity contribution in [2.75, 3.05) is 9.80 Å². The predicted octanol–water partition coefficient (Wildman–Crippen LogP) is 12.5. The van der Waals surface area contributed by atoms with E-state index in [4.69, 9.17) is 0 Å². The first-order chi connectivity index (χ1) is 37.5. The highest BCUT2D eigenvalue weighted by molar-refractivity contribution is 7.10. The van der Waals surface area contributed by atoms with E-state index < -0.39 is 48.4 Å². The number of hydrogen-bond acceptors (Lipinski definition) is 2. The average Bonchev–Trinajstić information content (AvgIpc) is 3.20. The second kappa shape index (κ2) is 18.9. The Morgan fingerprint density at radius 2 is 0.588 bits per heavy atom. The van der Waals surface area contributed by atoms with Crippen LogP contribution in [0.25, 0.3) is 32.3 Å². The fourth-order valence-electron chi connectivity index (χ4n) is 13.9. The molecule has 0 fully saturated rings. The normalized spacial score (nSPS) is 14.3. The van der Waals surface area contributed by atoms with E-state index in [1.165, 1.54) is 88.3 Å². The number of benzene rings is 10. The Hall–Kier alpha value is -5.73. The van der Waals surface area contributed by atoms with Gasteiger partial charge in [0.25, 0.3) is 0 Å². The summed E-state index contributed by atoms with van der Waals surface area (Å²) in [6.45, 7) is 46.6. The molecule has 0 bridgehead atoms. The highest BCUT2D eigenvalue weighted by Crippen LogP contribution is 2.48. The lowest BCUT2D eigenvalue weighted by atomic mass is 9.34. The van der Waals surface area contributed by atoms with E-state index in [0.717, 1.165) is 0 Å². The molecule has 2 heterocycles. The van der Waals surface area contributed by atoms with Gasteiger partial charge >= 0.3 is 0 Å². The van der Waals surface area contributed by atoms with Gasteiger partial charge in [-0.3, -0.25) is 0 Å². The van der Waals surface area contributed by atoms with Gasteiger partial charge in [-0.15, -0.1) is 0 Å². The van der Waals surface area contributed by atoms with Gasteiger partial charge in [0, 0.05) is 44.9 Å². The molecule has 0 aliphatic carbocycles. The van der Waals surface area contributed by atoms with E-state index in [9.17, 15) is 0 Å². The quantitative estimate of drug-likeness (QED) is 0.0995. The lowest BCUT2D eigenvalue weighted by Gasteiger charge is -2.42. The van der Waals surface area contributed by atoms with E-state index in [1.54, 1.807) is 42.0 Å². The first kappa shape index (κ1) is 54.8. The van der Waals surface area contributed by atoms with Crippen LogP contribution in [0.2, 0.25) is 118 Å². The molecule has 0 saturated heterocycles. The van der Waals surface area contributed by atoms with Gasteiger partial charge in [-0.1, -0.05) is 293 Å². The number of rotatable bonds is 10. The highest BCUT2D eigenvalue weighted by Gasteiger charge is 2.46. The van der Waals surface area contributed by atoms with E-state index in [0.29, 0.717) is 0 Å². The molecule has 2 aliphatic heterocycles. The van der Waals surface area contributed by atoms with Crippen molar-refractivity contribution in [2.45, 2.75) is 118 Å². The molecule has 0 spiro atoms. The van der Waals surface area contributed by atoms with Crippen molar-refractivity contribution in [2.24, 2.45) is 0 Å². The molecule has 10 aromatic rings. The van der Waals surface area contributed by atoms with Crippen molar-refractivity contribution in [3.63, 3.8) is 0 Å². The minimum atomic E-state index is -1.93. The van der Waals surface area contributed by atoms with Crippen LogP contribution < -0.4 is 73.7 Å². The third-order valence-electron chi connectivity index (χ3n) is 17.9. The zero-order valence-corrected chi connectivity index (χ0v) is 57.2. The molecule has 10 aromatic carbocycles. The smallest absolute Gasteiger partial charge is 0.246 e. The second-order valence-electron chi connectivity index (χ2n) is 29.8. The van der Waals surface area contributed by atoms with Crippen molar-refractivity contribution in [3.05, 3.63) is 170 Å². The van der Waals surface area contributed by atoms with Gasteiger partial charge in [-0.05, 0) is 79.8 Å². The standard InChI is InChI=1S/C70H82B2N2Si6/c1-75(2,3)51-43-61(77(7,8)9)67(62(44-51)78(10,11)12)71-55-33-25-27-35-59(55)73(49-29-21-19-22-30-49)69-53-39-38-48-42-58-70(54-40-37-47(41-57(69)71)65(53)66(48)54)74(50-31-23-20-24-32-50)60-36-28-26-34-56(60)72(58)68-63(79(13,14)15)45-52(76(4,5)6)46-64(68)80(16,17)18/h19-46H,1-18H3. The van der Waals surface area contributed by atoms with Gasteiger partial charge in [0.2, 0.25) is 13.4 Å². The second-order valence-corrected chi connectivity index (χ2v) is 60.2. The van der Waals surface area contributed by atoms with Crippen molar-refractivity contribution in [1.82, 2.24) is 0 Å². The van der Waals surface area contributed by atoms with E-state index >= 15 is 0 Å². The summed E-state index contributed by atoms with van der Waals surface area (Å²) in [6.07, 6.45) is 0. The Morgan fingerprint density at radius 1 is 0.287 bits per heavy atom. The largest absolute Gasteiger partial charge is 0.311 e. The van der Waals surface area contributed by atoms with Crippen LogP contribution in [-0.4, -0.2) is 61.9 Å². The molecular weight excluding hydrogens is 1060 g/mol. The van der Waals surface area contributed by atoms with Gasteiger partial charge in [0.1, 0.15) is 0 Å². The molecule has 2 nitrogen and oxygen atoms in total. The summed E-state index contributed by atoms with van der Waals surface area (Å²) in [6, 6.07) is 67.8. The number of hydrogen-bond donors (Lipinski definition) is 0. The topological polar surface area (TPSA) is 6.48 Å². The fourth-order valence-corrected chi connectivity index (χ4v) is 23.8. The lowest BCUT2D eigenvalue weighted by Crippen LogP contribution is -2.72. The molecule has 0 atom stereocenters. The molecule has 2 aliphatic rings. The minimum absolute atomic E-state index is 0.0641. The Kier molecular flexibility index (Phi) is 13.0. The number of nitrogens with zero attached hydrogens (tertiary/aromatic N) is 2. The van der Waals surface area contributed by atoms with Crippen LogP contribution in [0.1, 0.15) is 0 Å². The first-order valence-corrected chi connectivity index (χ1v) is 50.6. The zero-order chi connectivity index (χ0) is 57.0. The maximum Gasteiger partial charge on any atom is 0.246 e. The Morgan fingerprint density at radius 3 is 0.887 bits per heavy atom. The molecule has 0 N–H and O–H groups in total. The molecule has 0 radical (unpaired) electrons. The molecule has 402 valence electrons. The van der Waals surface area contributed by atoms with Crippen LogP contribution in [0.15, 0.2) is 170 Å². The molecule has 0 unspecified atom stereocenters. The van der Waals surface area contributed by atoms with Crippen LogP contribution in [-0.2, 0) is 0 Å². The highest BCUT2D eigenvalue weighted by atomic mass is 28.3. The Balaban J connectivity index is 1.24. The molecule has 0 saturated carbocycles. The van der Waals surface area contributed by atoms with Gasteiger partial charge in [0.05, 0.1) is 48.4 Å². The monoisotopic (exact) mass is 1140 g/mol. The van der Waals surface area contributed by atoms with Crippen molar-refractivity contribution >= 4 is 192 Å². The molecule has 0 aromatic heterocycles. The molecule has 0 amide bonds. The fraction of sp³-hybridized carbons (Fsp3) is 0.257. The molecule has 80 heavy (non-hydrogen) atoms. The Labute approximate surface area is 486 Å². The average molecular weight is 1140 g/mol. The van der Waals surface area contributed by atoms with E-state index in [-0.39, 0.29) is 13.4 Å². The predicted molar refractivity (Wildman–Crippen MR) is 380 cm³/mol. The van der Waals surface area contributed by atoms with Crippen LogP contribution in [0.4, 0.5) is 34.1 Å². The lowest BCUT2D eigenvalue weighted by molar-refractivity contribution is 1.31. The van der Waals surface area contributed by atoms with Gasteiger partial charge in [0.15, 0.2) is 0 Å². The molecular formula is C70H82B2N2Si6. The van der Waals surface area contributed by atoms with Crippen molar-refractivity contribution in [1.29, 1.82) is 0 Å². The third kappa shape index (κ3) is 8.97. The zero-order valence-electron chi connectivity index (χ0n) is 51.2. The van der Waals surface area contributed by atoms with Gasteiger partial charge in [-0.25, -0.2) is 0 Å². The summed E-state index contributed by atoms with van der Waals surface area (Å²) in [4.78, 5) is 5.29. The first-order valence-electron chi connectivity index (χ1n) is 29.6. The van der Waals surface area contributed by atoms with Gasteiger partial charge < -0.3 is 9.80 Å². The van der Waals surface area contributed by atoms with Gasteiger partial charge in [-0.2, -0.15) is 0 Å².